The standard InChI is InChI=1S/C17H16N2O2/c18-10-16-13(4-2-8-19-16)11-21-14-7-6-12-3-1-5-17(20)15(12)9-14/h2,4,6-9,17,20H,1,3,5,11H2. The molecule has 4 nitrogen and oxygen atoms in total. The van der Waals surface area contributed by atoms with Crippen LogP contribution in [0.15, 0.2) is 36.5 Å². The maximum Gasteiger partial charge on any atom is 0.147 e. The maximum absolute atomic E-state index is 10.0. The lowest BCUT2D eigenvalue weighted by atomic mass is 9.89. The van der Waals surface area contributed by atoms with E-state index in [4.69, 9.17) is 10.00 Å². The molecule has 1 N–H and O–H groups in total. The van der Waals surface area contributed by atoms with Crippen LogP contribution >= 0.6 is 0 Å². The monoisotopic (exact) mass is 280 g/mol. The van der Waals surface area contributed by atoms with Gasteiger partial charge in [-0.15, -0.1) is 0 Å². The minimum absolute atomic E-state index is 0.297. The lowest BCUT2D eigenvalue weighted by Gasteiger charge is -2.22. The molecule has 1 aromatic carbocycles. The summed E-state index contributed by atoms with van der Waals surface area (Å²) in [7, 11) is 0. The van der Waals surface area contributed by atoms with Crippen molar-refractivity contribution in [3.05, 3.63) is 58.9 Å². The van der Waals surface area contributed by atoms with Crippen LogP contribution < -0.4 is 4.74 Å². The maximum atomic E-state index is 10.0. The molecule has 1 unspecified atom stereocenters. The molecule has 1 atom stereocenters. The summed E-state index contributed by atoms with van der Waals surface area (Å²) >= 11 is 0. The highest BCUT2D eigenvalue weighted by atomic mass is 16.5. The molecule has 2 aromatic rings. The summed E-state index contributed by atoms with van der Waals surface area (Å²) in [5, 5.41) is 19.1. The first-order valence-electron chi connectivity index (χ1n) is 7.05. The van der Waals surface area contributed by atoms with Gasteiger partial charge in [-0.05, 0) is 48.6 Å². The second-order valence-corrected chi connectivity index (χ2v) is 5.18. The van der Waals surface area contributed by atoms with E-state index in [1.165, 1.54) is 5.56 Å². The molecule has 0 amide bonds. The third-order valence-electron chi connectivity index (χ3n) is 3.79. The van der Waals surface area contributed by atoms with Crippen LogP contribution in [0, 0.1) is 11.3 Å². The van der Waals surface area contributed by atoms with E-state index in [1.54, 1.807) is 12.3 Å². The quantitative estimate of drug-likeness (QED) is 0.938. The summed E-state index contributed by atoms with van der Waals surface area (Å²) in [6.45, 7) is 0.297. The van der Waals surface area contributed by atoms with Crippen molar-refractivity contribution in [1.29, 1.82) is 5.26 Å². The van der Waals surface area contributed by atoms with Crippen LogP contribution in [0.5, 0.6) is 5.75 Å². The Kier molecular flexibility index (Phi) is 3.85. The molecule has 4 heteroatoms. The molecule has 0 bridgehead atoms. The Hall–Kier alpha value is -2.38. The van der Waals surface area contributed by atoms with E-state index in [9.17, 15) is 5.11 Å². The minimum Gasteiger partial charge on any atom is -0.489 e. The van der Waals surface area contributed by atoms with E-state index in [-0.39, 0.29) is 0 Å². The van der Waals surface area contributed by atoms with Crippen molar-refractivity contribution in [2.45, 2.75) is 32.0 Å². The number of aliphatic hydroxyl groups is 1. The molecular formula is C17H16N2O2. The third-order valence-corrected chi connectivity index (χ3v) is 3.79. The van der Waals surface area contributed by atoms with Gasteiger partial charge in [0, 0.05) is 11.8 Å². The Morgan fingerprint density at radius 3 is 3.14 bits per heavy atom. The predicted octanol–water partition coefficient (Wildman–Crippen LogP) is 2.90. The number of aliphatic hydroxyl groups excluding tert-OH is 1. The van der Waals surface area contributed by atoms with Crippen LogP contribution in [0.25, 0.3) is 0 Å². The number of aryl methyl sites for hydroxylation is 1. The zero-order valence-corrected chi connectivity index (χ0v) is 11.6. The van der Waals surface area contributed by atoms with E-state index in [0.29, 0.717) is 18.1 Å². The lowest BCUT2D eigenvalue weighted by molar-refractivity contribution is 0.156. The van der Waals surface area contributed by atoms with Gasteiger partial charge in [0.25, 0.3) is 0 Å². The number of hydrogen-bond donors (Lipinski definition) is 1. The van der Waals surface area contributed by atoms with Crippen LogP contribution in [-0.2, 0) is 13.0 Å². The third kappa shape index (κ3) is 2.88. The number of ether oxygens (including phenoxy) is 1. The summed E-state index contributed by atoms with van der Waals surface area (Å²) in [4.78, 5) is 4.01. The molecule has 1 aliphatic carbocycles. The summed E-state index contributed by atoms with van der Waals surface area (Å²) in [6, 6.07) is 11.5. The van der Waals surface area contributed by atoms with Crippen molar-refractivity contribution >= 4 is 0 Å². The van der Waals surface area contributed by atoms with Crippen molar-refractivity contribution in [2.75, 3.05) is 0 Å². The molecular weight excluding hydrogens is 264 g/mol. The number of fused-ring (bicyclic) bond motifs is 1. The van der Waals surface area contributed by atoms with Crippen molar-refractivity contribution in [1.82, 2.24) is 4.98 Å². The van der Waals surface area contributed by atoms with Crippen LogP contribution in [-0.4, -0.2) is 10.1 Å². The second kappa shape index (κ2) is 5.94. The number of aromatic nitrogens is 1. The highest BCUT2D eigenvalue weighted by molar-refractivity contribution is 5.39. The lowest BCUT2D eigenvalue weighted by Crippen LogP contribution is -2.09. The molecule has 0 aliphatic heterocycles. The van der Waals surface area contributed by atoms with Crippen molar-refractivity contribution in [2.24, 2.45) is 0 Å². The SMILES string of the molecule is N#Cc1ncccc1COc1ccc2c(c1)C(O)CCC2. The fraction of sp³-hybridized carbons (Fsp3) is 0.294. The van der Waals surface area contributed by atoms with Gasteiger partial charge in [-0.2, -0.15) is 5.26 Å². The van der Waals surface area contributed by atoms with Gasteiger partial charge < -0.3 is 9.84 Å². The number of nitriles is 1. The normalized spacial score (nSPS) is 16.9. The van der Waals surface area contributed by atoms with Crippen LogP contribution in [0.4, 0.5) is 0 Å². The Morgan fingerprint density at radius 2 is 2.29 bits per heavy atom. The van der Waals surface area contributed by atoms with Crippen molar-refractivity contribution in [3.63, 3.8) is 0 Å². The van der Waals surface area contributed by atoms with Gasteiger partial charge >= 0.3 is 0 Å². The van der Waals surface area contributed by atoms with Gasteiger partial charge in [0.05, 0.1) is 6.10 Å². The Bertz CT molecular complexity index is 691. The first-order valence-corrected chi connectivity index (χ1v) is 7.05. The van der Waals surface area contributed by atoms with Crippen LogP contribution in [0.3, 0.4) is 0 Å². The smallest absolute Gasteiger partial charge is 0.147 e. The number of hydrogen-bond acceptors (Lipinski definition) is 4. The van der Waals surface area contributed by atoms with E-state index in [0.717, 1.165) is 30.4 Å². The van der Waals surface area contributed by atoms with E-state index < -0.39 is 6.10 Å². The minimum atomic E-state index is -0.398. The fourth-order valence-electron chi connectivity index (χ4n) is 2.66. The highest BCUT2D eigenvalue weighted by Crippen LogP contribution is 2.32. The van der Waals surface area contributed by atoms with Crippen molar-refractivity contribution < 1.29 is 9.84 Å². The fourth-order valence-corrected chi connectivity index (χ4v) is 2.66. The van der Waals surface area contributed by atoms with Gasteiger partial charge in [0.1, 0.15) is 24.1 Å². The predicted molar refractivity (Wildman–Crippen MR) is 77.6 cm³/mol. The number of nitrogens with zero attached hydrogens (tertiary/aromatic N) is 2. The average Bonchev–Trinajstić information content (AvgIpc) is 2.54. The molecule has 0 spiro atoms. The zero-order chi connectivity index (χ0) is 14.7. The van der Waals surface area contributed by atoms with E-state index in [1.807, 2.05) is 24.3 Å². The van der Waals surface area contributed by atoms with Gasteiger partial charge in [-0.3, -0.25) is 0 Å². The molecule has 106 valence electrons. The van der Waals surface area contributed by atoms with Crippen LogP contribution in [0.2, 0.25) is 0 Å². The molecule has 0 radical (unpaired) electrons. The molecule has 0 saturated carbocycles. The summed E-state index contributed by atoms with van der Waals surface area (Å²) in [6.07, 6.45) is 4.03. The Labute approximate surface area is 123 Å². The van der Waals surface area contributed by atoms with Gasteiger partial charge in [-0.25, -0.2) is 4.98 Å². The molecule has 1 aliphatic rings. The first-order chi connectivity index (χ1) is 10.3. The molecule has 3 rings (SSSR count). The van der Waals surface area contributed by atoms with E-state index in [2.05, 4.69) is 11.1 Å². The second-order valence-electron chi connectivity index (χ2n) is 5.18. The zero-order valence-electron chi connectivity index (χ0n) is 11.6. The number of benzene rings is 1. The number of rotatable bonds is 3. The Balaban J connectivity index is 1.77. The van der Waals surface area contributed by atoms with E-state index >= 15 is 0 Å². The van der Waals surface area contributed by atoms with Gasteiger partial charge in [-0.1, -0.05) is 12.1 Å². The average molecular weight is 280 g/mol. The molecule has 1 aromatic heterocycles. The molecule has 1 heterocycles. The molecule has 21 heavy (non-hydrogen) atoms. The van der Waals surface area contributed by atoms with Gasteiger partial charge in [0.2, 0.25) is 0 Å². The summed E-state index contributed by atoms with van der Waals surface area (Å²) in [5.74, 6) is 0.711. The summed E-state index contributed by atoms with van der Waals surface area (Å²) in [5.41, 5.74) is 3.30. The number of pyridine rings is 1. The topological polar surface area (TPSA) is 66.1 Å². The summed E-state index contributed by atoms with van der Waals surface area (Å²) < 4.78 is 5.75. The van der Waals surface area contributed by atoms with Crippen molar-refractivity contribution in [3.8, 4) is 11.8 Å². The molecule has 0 saturated heterocycles. The first kappa shape index (κ1) is 13.6. The van der Waals surface area contributed by atoms with Crippen LogP contribution in [0.1, 0.15) is 41.3 Å². The molecule has 0 fully saturated rings. The highest BCUT2D eigenvalue weighted by Gasteiger charge is 2.18. The largest absolute Gasteiger partial charge is 0.489 e. The van der Waals surface area contributed by atoms with Gasteiger partial charge in [0.15, 0.2) is 0 Å². The Morgan fingerprint density at radius 1 is 1.38 bits per heavy atom.